The second-order valence-electron chi connectivity index (χ2n) is 5.01. The maximum Gasteiger partial charge on any atom is 0.337 e. The number of benzene rings is 2. The number of esters is 1. The van der Waals surface area contributed by atoms with Crippen molar-refractivity contribution in [1.82, 2.24) is 0 Å². The number of methoxy groups -OCH3 is 1. The zero-order valence-electron chi connectivity index (χ0n) is 13.5. The van der Waals surface area contributed by atoms with E-state index in [1.165, 1.54) is 19.2 Å². The van der Waals surface area contributed by atoms with Gasteiger partial charge in [0.15, 0.2) is 0 Å². The monoisotopic (exact) mass is 349 g/mol. The van der Waals surface area contributed by atoms with Crippen molar-refractivity contribution in [2.45, 2.75) is 12.7 Å². The average molecular weight is 349 g/mol. The van der Waals surface area contributed by atoms with Gasteiger partial charge in [0.1, 0.15) is 5.75 Å². The highest BCUT2D eigenvalue weighted by Gasteiger charge is 2.13. The number of hydrogen-bond acceptors (Lipinski definition) is 5. The third-order valence-corrected chi connectivity index (χ3v) is 4.41. The summed E-state index contributed by atoms with van der Waals surface area (Å²) in [6, 6.07) is 13.0. The van der Waals surface area contributed by atoms with E-state index in [0.717, 1.165) is 0 Å². The number of sulfonamides is 1. The maximum absolute atomic E-state index is 12.3. The molecular formula is C17H19NO5S. The van der Waals surface area contributed by atoms with Crippen LogP contribution in [0.2, 0.25) is 0 Å². The molecule has 0 aliphatic rings. The van der Waals surface area contributed by atoms with Crippen molar-refractivity contribution in [1.29, 1.82) is 0 Å². The Morgan fingerprint density at radius 2 is 1.83 bits per heavy atom. The molecule has 0 heterocycles. The van der Waals surface area contributed by atoms with E-state index < -0.39 is 16.0 Å². The predicted molar refractivity (Wildman–Crippen MR) is 91.6 cm³/mol. The molecule has 6 nitrogen and oxygen atoms in total. The number of anilines is 1. The number of carbonyl (C=O) groups is 1. The molecule has 0 saturated heterocycles. The average Bonchev–Trinajstić information content (AvgIpc) is 2.54. The molecule has 0 amide bonds. The first-order valence-electron chi connectivity index (χ1n) is 7.34. The van der Waals surface area contributed by atoms with Gasteiger partial charge in [-0.1, -0.05) is 18.2 Å². The molecule has 0 atom stereocenters. The quantitative estimate of drug-likeness (QED) is 0.777. The summed E-state index contributed by atoms with van der Waals surface area (Å²) in [7, 11) is -2.29. The van der Waals surface area contributed by atoms with Crippen molar-refractivity contribution in [3.05, 3.63) is 59.7 Å². The number of carbonyl (C=O) groups excluding carboxylic acids is 1. The zero-order chi connectivity index (χ0) is 17.6. The number of hydrogen-bond donors (Lipinski definition) is 1. The summed E-state index contributed by atoms with van der Waals surface area (Å²) in [5, 5.41) is 0. The molecule has 0 unspecified atom stereocenters. The third kappa shape index (κ3) is 4.99. The van der Waals surface area contributed by atoms with Crippen LogP contribution in [0.1, 0.15) is 22.8 Å². The lowest BCUT2D eigenvalue weighted by atomic mass is 10.1. The highest BCUT2D eigenvalue weighted by Crippen LogP contribution is 2.19. The van der Waals surface area contributed by atoms with Gasteiger partial charge in [-0.2, -0.15) is 0 Å². The molecule has 0 bridgehead atoms. The van der Waals surface area contributed by atoms with Gasteiger partial charge in [0.2, 0.25) is 10.0 Å². The summed E-state index contributed by atoms with van der Waals surface area (Å²) in [6.45, 7) is 2.36. The topological polar surface area (TPSA) is 81.7 Å². The number of rotatable bonds is 7. The van der Waals surface area contributed by atoms with E-state index in [-0.39, 0.29) is 5.75 Å². The molecule has 128 valence electrons. The molecule has 7 heteroatoms. The van der Waals surface area contributed by atoms with E-state index in [1.54, 1.807) is 36.4 Å². The van der Waals surface area contributed by atoms with Crippen LogP contribution >= 0.6 is 0 Å². The molecule has 2 aromatic rings. The van der Waals surface area contributed by atoms with Crippen LogP contribution in [0.25, 0.3) is 0 Å². The Morgan fingerprint density at radius 3 is 2.46 bits per heavy atom. The first-order valence-corrected chi connectivity index (χ1v) is 8.99. The minimum absolute atomic E-state index is 0.201. The molecule has 2 rings (SSSR count). The van der Waals surface area contributed by atoms with Gasteiger partial charge in [0.05, 0.1) is 30.7 Å². The van der Waals surface area contributed by atoms with E-state index in [0.29, 0.717) is 29.2 Å². The predicted octanol–water partition coefficient (Wildman–Crippen LogP) is 2.81. The summed E-state index contributed by atoms with van der Waals surface area (Å²) in [6.07, 6.45) is 0. The normalized spacial score (nSPS) is 10.9. The Kier molecular flexibility index (Phi) is 5.81. The van der Waals surface area contributed by atoms with Crippen LogP contribution in [-0.4, -0.2) is 28.1 Å². The summed E-state index contributed by atoms with van der Waals surface area (Å²) in [5.74, 6) is -0.0664. The molecule has 0 aliphatic heterocycles. The molecule has 2 aromatic carbocycles. The van der Waals surface area contributed by atoms with Gasteiger partial charge in [-0.05, 0) is 36.8 Å². The Hall–Kier alpha value is -2.54. The fourth-order valence-electron chi connectivity index (χ4n) is 2.11. The van der Waals surface area contributed by atoms with E-state index in [1.807, 2.05) is 6.92 Å². The molecule has 0 fully saturated rings. The van der Waals surface area contributed by atoms with Crippen molar-refractivity contribution in [2.24, 2.45) is 0 Å². The Balaban J connectivity index is 2.08. The largest absolute Gasteiger partial charge is 0.494 e. The molecular weight excluding hydrogens is 330 g/mol. The Morgan fingerprint density at radius 1 is 1.12 bits per heavy atom. The van der Waals surface area contributed by atoms with Gasteiger partial charge in [-0.3, -0.25) is 4.72 Å². The molecule has 0 saturated carbocycles. The van der Waals surface area contributed by atoms with Crippen molar-refractivity contribution in [2.75, 3.05) is 18.4 Å². The lowest BCUT2D eigenvalue weighted by Gasteiger charge is -2.10. The Bertz CT molecular complexity index is 800. The van der Waals surface area contributed by atoms with Gasteiger partial charge < -0.3 is 9.47 Å². The van der Waals surface area contributed by atoms with E-state index in [9.17, 15) is 13.2 Å². The van der Waals surface area contributed by atoms with Crippen LogP contribution in [-0.2, 0) is 20.5 Å². The molecule has 0 aliphatic carbocycles. The maximum atomic E-state index is 12.3. The summed E-state index contributed by atoms with van der Waals surface area (Å²) >= 11 is 0. The third-order valence-electron chi connectivity index (χ3n) is 3.15. The zero-order valence-corrected chi connectivity index (χ0v) is 14.3. The first kappa shape index (κ1) is 17.8. The second kappa shape index (κ2) is 7.83. The highest BCUT2D eigenvalue weighted by atomic mass is 32.2. The van der Waals surface area contributed by atoms with Crippen LogP contribution in [0.15, 0.2) is 48.5 Å². The lowest BCUT2D eigenvalue weighted by Crippen LogP contribution is -2.15. The summed E-state index contributed by atoms with van der Waals surface area (Å²) < 4.78 is 37.0. The van der Waals surface area contributed by atoms with E-state index >= 15 is 0 Å². The van der Waals surface area contributed by atoms with Crippen LogP contribution in [0.3, 0.4) is 0 Å². The van der Waals surface area contributed by atoms with Gasteiger partial charge in [-0.25, -0.2) is 13.2 Å². The molecule has 0 spiro atoms. The fourth-order valence-corrected chi connectivity index (χ4v) is 3.30. The lowest BCUT2D eigenvalue weighted by molar-refractivity contribution is 0.0600. The number of ether oxygens (including phenoxy) is 2. The fraction of sp³-hybridized carbons (Fsp3) is 0.235. The van der Waals surface area contributed by atoms with Crippen molar-refractivity contribution in [3.8, 4) is 5.75 Å². The van der Waals surface area contributed by atoms with E-state index in [2.05, 4.69) is 9.46 Å². The summed E-state index contributed by atoms with van der Waals surface area (Å²) in [5.41, 5.74) is 1.37. The standard InChI is InChI=1S/C17H19NO5S/c1-3-23-16-6-4-5-15(11-16)18-24(20,21)12-13-7-9-14(10-8-13)17(19)22-2/h4-11,18H,3,12H2,1-2H3. The minimum atomic E-state index is -3.58. The SMILES string of the molecule is CCOc1cccc(NS(=O)(=O)Cc2ccc(C(=O)OC)cc2)c1. The van der Waals surface area contributed by atoms with Crippen molar-refractivity contribution in [3.63, 3.8) is 0 Å². The van der Waals surface area contributed by atoms with Gasteiger partial charge in [-0.15, -0.1) is 0 Å². The van der Waals surface area contributed by atoms with Gasteiger partial charge in [0, 0.05) is 6.07 Å². The molecule has 24 heavy (non-hydrogen) atoms. The van der Waals surface area contributed by atoms with Crippen molar-refractivity contribution >= 4 is 21.7 Å². The van der Waals surface area contributed by atoms with Crippen LogP contribution in [0, 0.1) is 0 Å². The van der Waals surface area contributed by atoms with E-state index in [4.69, 9.17) is 4.74 Å². The second-order valence-corrected chi connectivity index (χ2v) is 6.73. The van der Waals surface area contributed by atoms with Gasteiger partial charge >= 0.3 is 5.97 Å². The molecule has 0 radical (unpaired) electrons. The van der Waals surface area contributed by atoms with Crippen LogP contribution in [0.4, 0.5) is 5.69 Å². The number of nitrogens with one attached hydrogen (secondary N) is 1. The Labute approximate surface area is 141 Å². The van der Waals surface area contributed by atoms with Gasteiger partial charge in [0.25, 0.3) is 0 Å². The smallest absolute Gasteiger partial charge is 0.337 e. The van der Waals surface area contributed by atoms with Crippen LogP contribution < -0.4 is 9.46 Å². The highest BCUT2D eigenvalue weighted by molar-refractivity contribution is 7.91. The summed E-state index contributed by atoms with van der Waals surface area (Å²) in [4.78, 5) is 11.4. The molecule has 0 aromatic heterocycles. The minimum Gasteiger partial charge on any atom is -0.494 e. The first-order chi connectivity index (χ1) is 11.4. The van der Waals surface area contributed by atoms with Crippen LogP contribution in [0.5, 0.6) is 5.75 Å². The molecule has 1 N–H and O–H groups in total. The van der Waals surface area contributed by atoms with Crippen molar-refractivity contribution < 1.29 is 22.7 Å².